The molecule has 11 nitrogen and oxygen atoms in total. The zero-order valence-corrected chi connectivity index (χ0v) is 24.2. The summed E-state index contributed by atoms with van der Waals surface area (Å²) in [5, 5.41) is 8.90. The van der Waals surface area contributed by atoms with Crippen LogP contribution in [0.5, 0.6) is 5.75 Å². The molecule has 5 rings (SSSR count). The second-order valence-electron chi connectivity index (χ2n) is 10.3. The van der Waals surface area contributed by atoms with Crippen LogP contribution >= 0.6 is 0 Å². The van der Waals surface area contributed by atoms with Crippen molar-refractivity contribution < 1.29 is 32.6 Å². The maximum atomic E-state index is 14.5. The number of imidazole rings is 1. The maximum absolute atomic E-state index is 14.5. The van der Waals surface area contributed by atoms with Crippen molar-refractivity contribution in [1.29, 1.82) is 5.26 Å². The van der Waals surface area contributed by atoms with Crippen molar-refractivity contribution in [3.05, 3.63) is 82.8 Å². The molecule has 1 aliphatic heterocycles. The molecule has 0 saturated carbocycles. The van der Waals surface area contributed by atoms with Gasteiger partial charge in [-0.05, 0) is 55.0 Å². The van der Waals surface area contributed by atoms with E-state index < -0.39 is 17.6 Å². The SMILES string of the molecule is COC(=O)c1ccc2nc(CN(C=O)CCN(C)c3ccc(F)c(COc4ccc(C#N)cc4F)n3)n(CC3CCO3)c2c1. The number of likely N-dealkylation sites (N-methyl/N-ethyl adjacent to an activating group) is 1. The predicted molar refractivity (Wildman–Crippen MR) is 155 cm³/mol. The molecule has 13 heteroatoms. The van der Waals surface area contributed by atoms with E-state index in [9.17, 15) is 18.4 Å². The standard InChI is InChI=1S/C31H30F2N6O5/c1-37(29-8-5-23(32)26(36-29)18-44-28-7-3-20(15-34)13-24(28)33)10-11-38(19-40)17-30-35-25-6-4-21(31(41)42-2)14-27(25)39(30)16-22-9-12-43-22/h3-8,13-14,19,22H,9-12,16-18H2,1-2H3. The third-order valence-electron chi connectivity index (χ3n) is 7.36. The van der Waals surface area contributed by atoms with Crippen molar-refractivity contribution in [2.24, 2.45) is 0 Å². The molecular weight excluding hydrogens is 574 g/mol. The molecule has 4 aromatic rings. The van der Waals surface area contributed by atoms with Crippen LogP contribution < -0.4 is 9.64 Å². The van der Waals surface area contributed by atoms with Gasteiger partial charge in [-0.3, -0.25) is 4.79 Å². The lowest BCUT2D eigenvalue weighted by atomic mass is 10.1. The summed E-state index contributed by atoms with van der Waals surface area (Å²) < 4.78 is 46.6. The Hall–Kier alpha value is -5.09. The Morgan fingerprint density at radius 3 is 2.66 bits per heavy atom. The third-order valence-corrected chi connectivity index (χ3v) is 7.36. The lowest BCUT2D eigenvalue weighted by Gasteiger charge is -2.28. The highest BCUT2D eigenvalue weighted by molar-refractivity contribution is 5.93. The molecule has 2 aromatic heterocycles. The van der Waals surface area contributed by atoms with Gasteiger partial charge in [0.2, 0.25) is 6.41 Å². The molecule has 228 valence electrons. The van der Waals surface area contributed by atoms with E-state index in [-0.39, 0.29) is 36.3 Å². The van der Waals surface area contributed by atoms with Crippen LogP contribution in [0, 0.1) is 23.0 Å². The number of fused-ring (bicyclic) bond motifs is 1. The number of pyridine rings is 1. The topological polar surface area (TPSA) is 123 Å². The summed E-state index contributed by atoms with van der Waals surface area (Å²) >= 11 is 0. The lowest BCUT2D eigenvalue weighted by molar-refractivity contribution is -0.118. The summed E-state index contributed by atoms with van der Waals surface area (Å²) in [6.07, 6.45) is 1.65. The second kappa shape index (κ2) is 13.5. The Morgan fingerprint density at radius 1 is 1.16 bits per heavy atom. The summed E-state index contributed by atoms with van der Waals surface area (Å²) in [6, 6.07) is 13.5. The molecule has 0 radical (unpaired) electrons. The molecule has 1 aliphatic rings. The summed E-state index contributed by atoms with van der Waals surface area (Å²) in [7, 11) is 3.08. The van der Waals surface area contributed by atoms with Crippen LogP contribution in [0.2, 0.25) is 0 Å². The fourth-order valence-electron chi connectivity index (χ4n) is 4.74. The first-order chi connectivity index (χ1) is 21.3. The zero-order valence-electron chi connectivity index (χ0n) is 24.2. The highest BCUT2D eigenvalue weighted by Crippen LogP contribution is 2.24. The normalized spacial score (nSPS) is 14.0. The number of carbonyl (C=O) groups is 2. The Kier molecular flexibility index (Phi) is 9.30. The van der Waals surface area contributed by atoms with Gasteiger partial charge >= 0.3 is 5.97 Å². The number of aromatic nitrogens is 3. The average molecular weight is 605 g/mol. The number of esters is 1. The molecule has 0 spiro atoms. The quantitative estimate of drug-likeness (QED) is 0.166. The number of nitriles is 1. The fourth-order valence-corrected chi connectivity index (χ4v) is 4.74. The van der Waals surface area contributed by atoms with Crippen molar-refractivity contribution in [2.45, 2.75) is 32.2 Å². The van der Waals surface area contributed by atoms with Gasteiger partial charge in [-0.15, -0.1) is 0 Å². The average Bonchev–Trinajstić information content (AvgIpc) is 3.35. The molecule has 2 aromatic carbocycles. The van der Waals surface area contributed by atoms with Crippen LogP contribution in [-0.4, -0.2) is 71.8 Å². The first kappa shape index (κ1) is 30.4. The molecule has 0 N–H and O–H groups in total. The highest BCUT2D eigenvalue weighted by atomic mass is 19.1. The van der Waals surface area contributed by atoms with Crippen molar-refractivity contribution >= 4 is 29.2 Å². The van der Waals surface area contributed by atoms with Crippen LogP contribution in [0.1, 0.15) is 33.9 Å². The van der Waals surface area contributed by atoms with Gasteiger partial charge in [0.25, 0.3) is 0 Å². The lowest BCUT2D eigenvalue weighted by Crippen LogP contribution is -2.35. The number of anilines is 1. The Balaban J connectivity index is 1.26. The second-order valence-corrected chi connectivity index (χ2v) is 10.3. The first-order valence-electron chi connectivity index (χ1n) is 13.9. The molecule has 0 aliphatic carbocycles. The van der Waals surface area contributed by atoms with Crippen LogP contribution in [0.25, 0.3) is 11.0 Å². The molecule has 1 saturated heterocycles. The molecule has 1 amide bonds. The fraction of sp³-hybridized carbons (Fsp3) is 0.323. The largest absolute Gasteiger partial charge is 0.484 e. The van der Waals surface area contributed by atoms with E-state index in [2.05, 4.69) is 4.98 Å². The van der Waals surface area contributed by atoms with Crippen LogP contribution in [0.3, 0.4) is 0 Å². The maximum Gasteiger partial charge on any atom is 0.337 e. The Labute approximate surface area is 252 Å². The number of benzene rings is 2. The van der Waals surface area contributed by atoms with E-state index >= 15 is 0 Å². The number of halogens is 2. The smallest absolute Gasteiger partial charge is 0.337 e. The molecule has 0 bridgehead atoms. The minimum Gasteiger partial charge on any atom is -0.484 e. The van der Waals surface area contributed by atoms with E-state index in [0.29, 0.717) is 49.0 Å². The summed E-state index contributed by atoms with van der Waals surface area (Å²) in [5.74, 6) is -0.853. The van der Waals surface area contributed by atoms with Gasteiger partial charge in [0.05, 0.1) is 54.5 Å². The molecule has 1 unspecified atom stereocenters. The van der Waals surface area contributed by atoms with Crippen molar-refractivity contribution in [1.82, 2.24) is 19.4 Å². The van der Waals surface area contributed by atoms with E-state index in [0.717, 1.165) is 24.4 Å². The van der Waals surface area contributed by atoms with Gasteiger partial charge in [-0.2, -0.15) is 5.26 Å². The van der Waals surface area contributed by atoms with Crippen molar-refractivity contribution in [3.8, 4) is 11.8 Å². The summed E-state index contributed by atoms with van der Waals surface area (Å²) in [4.78, 5) is 36.6. The molecule has 1 fully saturated rings. The number of amides is 1. The van der Waals surface area contributed by atoms with Gasteiger partial charge in [0.15, 0.2) is 11.6 Å². The number of rotatable bonds is 13. The monoisotopic (exact) mass is 604 g/mol. The molecule has 44 heavy (non-hydrogen) atoms. The van der Waals surface area contributed by atoms with Gasteiger partial charge in [-0.25, -0.2) is 23.5 Å². The van der Waals surface area contributed by atoms with E-state index in [1.54, 1.807) is 35.0 Å². The first-order valence-corrected chi connectivity index (χ1v) is 13.9. The number of carbonyl (C=O) groups excluding carboxylic acids is 2. The number of ether oxygens (including phenoxy) is 3. The summed E-state index contributed by atoms with van der Waals surface area (Å²) in [6.45, 7) is 1.76. The number of methoxy groups -OCH3 is 1. The van der Waals surface area contributed by atoms with Crippen LogP contribution in [0.15, 0.2) is 48.5 Å². The molecular formula is C31H30F2N6O5. The van der Waals surface area contributed by atoms with Crippen LogP contribution in [0.4, 0.5) is 14.6 Å². The van der Waals surface area contributed by atoms with E-state index in [1.165, 1.54) is 31.4 Å². The number of nitrogens with zero attached hydrogens (tertiary/aromatic N) is 6. The summed E-state index contributed by atoms with van der Waals surface area (Å²) in [5.41, 5.74) is 1.94. The van der Waals surface area contributed by atoms with Gasteiger partial charge < -0.3 is 28.6 Å². The van der Waals surface area contributed by atoms with E-state index in [4.69, 9.17) is 24.5 Å². The van der Waals surface area contributed by atoms with Gasteiger partial charge in [0.1, 0.15) is 29.8 Å². The Bertz CT molecular complexity index is 1720. The molecule has 3 heterocycles. The van der Waals surface area contributed by atoms with Crippen LogP contribution in [-0.2, 0) is 34.0 Å². The Morgan fingerprint density at radius 2 is 1.98 bits per heavy atom. The van der Waals surface area contributed by atoms with Gasteiger partial charge in [0, 0.05) is 26.7 Å². The predicted octanol–water partition coefficient (Wildman–Crippen LogP) is 3.83. The van der Waals surface area contributed by atoms with E-state index in [1.807, 2.05) is 10.6 Å². The highest BCUT2D eigenvalue weighted by Gasteiger charge is 2.23. The zero-order chi connectivity index (χ0) is 31.2. The van der Waals surface area contributed by atoms with Crippen molar-refractivity contribution in [3.63, 3.8) is 0 Å². The minimum atomic E-state index is -0.732. The molecule has 1 atom stereocenters. The number of hydrogen-bond acceptors (Lipinski definition) is 9. The third kappa shape index (κ3) is 6.76. The van der Waals surface area contributed by atoms with Crippen molar-refractivity contribution in [2.75, 3.05) is 38.8 Å². The minimum absolute atomic E-state index is 0.0138. The number of hydrogen-bond donors (Lipinski definition) is 0. The van der Waals surface area contributed by atoms with Gasteiger partial charge in [-0.1, -0.05) is 0 Å².